The average Bonchev–Trinajstić information content (AvgIpc) is 2.63. The number of nitrogens with zero attached hydrogens (tertiary/aromatic N) is 2. The summed E-state index contributed by atoms with van der Waals surface area (Å²) in [6.45, 7) is 5.24. The van der Waals surface area contributed by atoms with Crippen molar-refractivity contribution in [3.05, 3.63) is 36.0 Å². The fraction of sp³-hybridized carbons (Fsp3) is 0.462. The molecule has 0 bridgehead atoms. The molecule has 1 aliphatic heterocycles. The van der Waals surface area contributed by atoms with Gasteiger partial charge in [0.1, 0.15) is 0 Å². The van der Waals surface area contributed by atoms with E-state index in [0.717, 1.165) is 26.1 Å². The molecule has 2 rings (SSSR count). The summed E-state index contributed by atoms with van der Waals surface area (Å²) in [5, 5.41) is 6.26. The van der Waals surface area contributed by atoms with Crippen molar-refractivity contribution < 1.29 is 0 Å². The van der Waals surface area contributed by atoms with Crippen molar-refractivity contribution in [2.24, 2.45) is 0 Å². The molecule has 4 heteroatoms. The first-order valence-corrected chi connectivity index (χ1v) is 6.99. The third-order valence-electron chi connectivity index (χ3n) is 2.80. The lowest BCUT2D eigenvalue weighted by Gasteiger charge is -2.21. The van der Waals surface area contributed by atoms with Gasteiger partial charge in [-0.15, -0.1) is 11.8 Å². The summed E-state index contributed by atoms with van der Waals surface area (Å²) in [7, 11) is 0. The Bertz CT molecular complexity index is 353. The molecule has 1 atom stereocenters. The summed E-state index contributed by atoms with van der Waals surface area (Å²) in [6.07, 6.45) is 7.02. The molecule has 0 aromatic carbocycles. The van der Waals surface area contributed by atoms with Crippen LogP contribution in [0.3, 0.4) is 0 Å². The van der Waals surface area contributed by atoms with Crippen molar-refractivity contribution in [1.29, 1.82) is 0 Å². The number of allylic oxidation sites excluding steroid dienone is 1. The monoisotopic (exact) mass is 249 g/mol. The standard InChI is InChI=1S/C13H19N3S/c1-2-10-17-13-5-8-16(9-7-15-13)12-4-3-6-14-11-12/h2-4,6,10-11,13,15H,5,7-9H2,1H3. The molecular weight excluding hydrogens is 230 g/mol. The minimum atomic E-state index is 0.535. The number of hydrogen-bond acceptors (Lipinski definition) is 4. The van der Waals surface area contributed by atoms with Gasteiger partial charge in [-0.25, -0.2) is 0 Å². The van der Waals surface area contributed by atoms with Crippen LogP contribution in [0.15, 0.2) is 36.0 Å². The number of aromatic nitrogens is 1. The summed E-state index contributed by atoms with van der Waals surface area (Å²) in [6, 6.07) is 4.13. The lowest BCUT2D eigenvalue weighted by atomic mass is 10.3. The van der Waals surface area contributed by atoms with Gasteiger partial charge < -0.3 is 10.2 Å². The van der Waals surface area contributed by atoms with E-state index < -0.39 is 0 Å². The molecule has 0 radical (unpaired) electrons. The van der Waals surface area contributed by atoms with Gasteiger partial charge in [0.2, 0.25) is 0 Å². The highest BCUT2D eigenvalue weighted by Gasteiger charge is 2.15. The second kappa shape index (κ2) is 6.67. The normalized spacial score (nSPS) is 21.7. The predicted octanol–water partition coefficient (Wildman–Crippen LogP) is 2.47. The number of thioether (sulfide) groups is 1. The van der Waals surface area contributed by atoms with Gasteiger partial charge in [0.25, 0.3) is 0 Å². The fourth-order valence-electron chi connectivity index (χ4n) is 1.94. The second-order valence-corrected chi connectivity index (χ2v) is 5.15. The molecule has 3 nitrogen and oxygen atoms in total. The summed E-state index contributed by atoms with van der Waals surface area (Å²) in [4.78, 5) is 6.58. The number of anilines is 1. The molecule has 1 fully saturated rings. The van der Waals surface area contributed by atoms with E-state index >= 15 is 0 Å². The Hall–Kier alpha value is -1.00. The highest BCUT2D eigenvalue weighted by atomic mass is 32.2. The summed E-state index contributed by atoms with van der Waals surface area (Å²) < 4.78 is 0. The summed E-state index contributed by atoms with van der Waals surface area (Å²) in [5.74, 6) is 0. The van der Waals surface area contributed by atoms with E-state index in [0.29, 0.717) is 5.37 Å². The maximum absolute atomic E-state index is 4.18. The van der Waals surface area contributed by atoms with Crippen LogP contribution in [0, 0.1) is 0 Å². The Kier molecular flexibility index (Phi) is 4.88. The van der Waals surface area contributed by atoms with Crippen LogP contribution >= 0.6 is 11.8 Å². The fourth-order valence-corrected chi connectivity index (χ4v) is 2.74. The average molecular weight is 249 g/mol. The Morgan fingerprint density at radius 2 is 2.47 bits per heavy atom. The molecule has 1 unspecified atom stereocenters. The van der Waals surface area contributed by atoms with Gasteiger partial charge in [0.15, 0.2) is 0 Å². The van der Waals surface area contributed by atoms with Crippen LogP contribution < -0.4 is 10.2 Å². The molecule has 1 aliphatic rings. The van der Waals surface area contributed by atoms with Crippen LogP contribution in [0.2, 0.25) is 0 Å². The first-order valence-electron chi connectivity index (χ1n) is 6.05. The van der Waals surface area contributed by atoms with Gasteiger partial charge in [-0.05, 0) is 30.9 Å². The van der Waals surface area contributed by atoms with Crippen LogP contribution in [0.1, 0.15) is 13.3 Å². The van der Waals surface area contributed by atoms with Crippen LogP contribution in [0.4, 0.5) is 5.69 Å². The molecule has 0 amide bonds. The highest BCUT2D eigenvalue weighted by molar-refractivity contribution is 8.02. The zero-order chi connectivity index (χ0) is 11.9. The first kappa shape index (κ1) is 12.5. The Balaban J connectivity index is 1.92. The zero-order valence-electron chi connectivity index (χ0n) is 10.2. The molecule has 1 N–H and O–H groups in total. The van der Waals surface area contributed by atoms with Gasteiger partial charge in [0, 0.05) is 25.8 Å². The summed E-state index contributed by atoms with van der Waals surface area (Å²) in [5.41, 5.74) is 1.23. The topological polar surface area (TPSA) is 28.2 Å². The number of nitrogens with one attached hydrogen (secondary N) is 1. The Morgan fingerprint density at radius 3 is 3.24 bits per heavy atom. The van der Waals surface area contributed by atoms with Gasteiger partial charge >= 0.3 is 0 Å². The number of hydrogen-bond donors (Lipinski definition) is 1. The number of pyridine rings is 1. The maximum atomic E-state index is 4.18. The molecule has 1 aromatic heterocycles. The Labute approximate surface area is 107 Å². The Morgan fingerprint density at radius 1 is 1.53 bits per heavy atom. The SMILES string of the molecule is CC=CSC1CCN(c2cccnc2)CCN1. The van der Waals surface area contributed by atoms with Crippen LogP contribution in [0.25, 0.3) is 0 Å². The van der Waals surface area contributed by atoms with Gasteiger partial charge in [0.05, 0.1) is 17.3 Å². The minimum Gasteiger partial charge on any atom is -0.369 e. The third kappa shape index (κ3) is 3.75. The van der Waals surface area contributed by atoms with E-state index in [2.05, 4.69) is 39.7 Å². The van der Waals surface area contributed by atoms with Crippen molar-refractivity contribution in [2.45, 2.75) is 18.7 Å². The molecule has 0 spiro atoms. The molecular formula is C13H19N3S. The van der Waals surface area contributed by atoms with Crippen LogP contribution in [-0.4, -0.2) is 30.0 Å². The third-order valence-corrected chi connectivity index (χ3v) is 3.97. The van der Waals surface area contributed by atoms with E-state index in [4.69, 9.17) is 0 Å². The van der Waals surface area contributed by atoms with Crippen molar-refractivity contribution in [1.82, 2.24) is 10.3 Å². The van der Waals surface area contributed by atoms with E-state index in [1.165, 1.54) is 5.69 Å². The maximum Gasteiger partial charge on any atom is 0.0590 e. The molecule has 2 heterocycles. The second-order valence-electron chi connectivity index (χ2n) is 4.04. The lowest BCUT2D eigenvalue weighted by molar-refractivity contribution is 0.679. The van der Waals surface area contributed by atoms with Crippen molar-refractivity contribution in [3.63, 3.8) is 0 Å². The molecule has 0 aliphatic carbocycles. The molecule has 1 saturated heterocycles. The molecule has 17 heavy (non-hydrogen) atoms. The number of rotatable bonds is 3. The zero-order valence-corrected chi connectivity index (χ0v) is 11.0. The van der Waals surface area contributed by atoms with Crippen molar-refractivity contribution in [3.8, 4) is 0 Å². The van der Waals surface area contributed by atoms with Crippen LogP contribution in [0.5, 0.6) is 0 Å². The van der Waals surface area contributed by atoms with Crippen LogP contribution in [-0.2, 0) is 0 Å². The van der Waals surface area contributed by atoms with E-state index in [-0.39, 0.29) is 0 Å². The molecule has 0 saturated carbocycles. The minimum absolute atomic E-state index is 0.535. The van der Waals surface area contributed by atoms with Gasteiger partial charge in [-0.2, -0.15) is 0 Å². The van der Waals surface area contributed by atoms with E-state index in [1.54, 1.807) is 0 Å². The largest absolute Gasteiger partial charge is 0.369 e. The molecule has 92 valence electrons. The lowest BCUT2D eigenvalue weighted by Crippen LogP contribution is -2.28. The smallest absolute Gasteiger partial charge is 0.0590 e. The van der Waals surface area contributed by atoms with Gasteiger partial charge in [-0.3, -0.25) is 4.98 Å². The molecule has 1 aromatic rings. The van der Waals surface area contributed by atoms with E-state index in [1.807, 2.05) is 30.2 Å². The first-order chi connectivity index (χ1) is 8.40. The quantitative estimate of drug-likeness (QED) is 0.891. The summed E-state index contributed by atoms with van der Waals surface area (Å²) >= 11 is 1.87. The van der Waals surface area contributed by atoms with E-state index in [9.17, 15) is 0 Å². The van der Waals surface area contributed by atoms with Crippen molar-refractivity contribution >= 4 is 17.4 Å². The van der Waals surface area contributed by atoms with Crippen molar-refractivity contribution in [2.75, 3.05) is 24.5 Å². The van der Waals surface area contributed by atoms with Gasteiger partial charge in [-0.1, -0.05) is 6.08 Å². The predicted molar refractivity (Wildman–Crippen MR) is 75.3 cm³/mol. The highest BCUT2D eigenvalue weighted by Crippen LogP contribution is 2.19.